The van der Waals surface area contributed by atoms with Crippen molar-refractivity contribution in [2.75, 3.05) is 19.6 Å². The Balaban J connectivity index is 2.50. The lowest BCUT2D eigenvalue weighted by Crippen LogP contribution is -2.46. The van der Waals surface area contributed by atoms with Crippen LogP contribution in [0.15, 0.2) is 0 Å². The Labute approximate surface area is 111 Å². The molecule has 0 aromatic heterocycles. The van der Waals surface area contributed by atoms with Crippen LogP contribution >= 0.6 is 0 Å². The third-order valence-electron chi connectivity index (χ3n) is 3.75. The van der Waals surface area contributed by atoms with Gasteiger partial charge in [-0.2, -0.15) is 0 Å². The van der Waals surface area contributed by atoms with Crippen LogP contribution in [0.5, 0.6) is 0 Å². The average molecular weight is 256 g/mol. The van der Waals surface area contributed by atoms with E-state index >= 15 is 0 Å². The van der Waals surface area contributed by atoms with Gasteiger partial charge in [0.05, 0.1) is 12.6 Å². The van der Waals surface area contributed by atoms with Crippen molar-refractivity contribution in [2.24, 2.45) is 5.92 Å². The summed E-state index contributed by atoms with van der Waals surface area (Å²) in [5, 5.41) is 9.57. The predicted molar refractivity (Wildman–Crippen MR) is 73.3 cm³/mol. The highest BCUT2D eigenvalue weighted by Gasteiger charge is 2.29. The fourth-order valence-electron chi connectivity index (χ4n) is 2.85. The Bertz CT molecular complexity index is 269. The van der Waals surface area contributed by atoms with Crippen molar-refractivity contribution in [1.29, 1.82) is 0 Å². The van der Waals surface area contributed by atoms with Gasteiger partial charge in [0.1, 0.15) is 0 Å². The topological polar surface area (TPSA) is 43.8 Å². The van der Waals surface area contributed by atoms with E-state index in [1.807, 2.05) is 11.8 Å². The summed E-state index contributed by atoms with van der Waals surface area (Å²) in [4.78, 5) is 16.4. The maximum Gasteiger partial charge on any atom is 0.237 e. The van der Waals surface area contributed by atoms with Crippen LogP contribution in [-0.4, -0.2) is 58.6 Å². The summed E-state index contributed by atoms with van der Waals surface area (Å²) in [5.74, 6) is 0.524. The van der Waals surface area contributed by atoms with Crippen molar-refractivity contribution in [3.8, 4) is 0 Å². The summed E-state index contributed by atoms with van der Waals surface area (Å²) in [6.07, 6.45) is 0.727. The molecule has 1 heterocycles. The van der Waals surface area contributed by atoms with Gasteiger partial charge < -0.3 is 10.0 Å². The molecule has 0 spiro atoms. The normalized spacial score (nSPS) is 22.8. The number of likely N-dealkylation sites (tertiary alicyclic amines) is 1. The van der Waals surface area contributed by atoms with Gasteiger partial charge in [0.2, 0.25) is 5.91 Å². The Kier molecular flexibility index (Phi) is 5.60. The van der Waals surface area contributed by atoms with Crippen molar-refractivity contribution < 1.29 is 9.90 Å². The maximum absolute atomic E-state index is 12.3. The van der Waals surface area contributed by atoms with Gasteiger partial charge in [0.25, 0.3) is 0 Å². The Morgan fingerprint density at radius 2 is 1.83 bits per heavy atom. The zero-order valence-corrected chi connectivity index (χ0v) is 12.4. The lowest BCUT2D eigenvalue weighted by atomic mass is 10.0. The lowest BCUT2D eigenvalue weighted by molar-refractivity contribution is -0.135. The summed E-state index contributed by atoms with van der Waals surface area (Å²) in [7, 11) is 0. The molecule has 1 amide bonds. The minimum Gasteiger partial charge on any atom is -0.393 e. The largest absolute Gasteiger partial charge is 0.393 e. The third kappa shape index (κ3) is 3.95. The van der Waals surface area contributed by atoms with Crippen LogP contribution in [0.2, 0.25) is 0 Å². The van der Waals surface area contributed by atoms with Crippen molar-refractivity contribution in [3.63, 3.8) is 0 Å². The summed E-state index contributed by atoms with van der Waals surface area (Å²) >= 11 is 0. The molecule has 18 heavy (non-hydrogen) atoms. The van der Waals surface area contributed by atoms with Crippen LogP contribution < -0.4 is 0 Å². The molecule has 0 saturated carbocycles. The Hall–Kier alpha value is -0.610. The maximum atomic E-state index is 12.3. The van der Waals surface area contributed by atoms with Crippen molar-refractivity contribution in [2.45, 2.75) is 59.2 Å². The number of amides is 1. The molecule has 4 nitrogen and oxygen atoms in total. The molecule has 1 rings (SSSR count). The summed E-state index contributed by atoms with van der Waals surface area (Å²) < 4.78 is 0. The monoisotopic (exact) mass is 256 g/mol. The number of rotatable bonds is 5. The molecule has 0 aliphatic carbocycles. The van der Waals surface area contributed by atoms with E-state index in [9.17, 15) is 9.90 Å². The van der Waals surface area contributed by atoms with Crippen molar-refractivity contribution in [1.82, 2.24) is 9.80 Å². The fourth-order valence-corrected chi connectivity index (χ4v) is 2.85. The van der Waals surface area contributed by atoms with Gasteiger partial charge in [-0.15, -0.1) is 0 Å². The van der Waals surface area contributed by atoms with Gasteiger partial charge in [0, 0.05) is 18.6 Å². The molecule has 0 radical (unpaired) electrons. The molecular weight excluding hydrogens is 228 g/mol. The van der Waals surface area contributed by atoms with E-state index in [0.717, 1.165) is 19.5 Å². The first-order valence-corrected chi connectivity index (χ1v) is 7.04. The molecule has 106 valence electrons. The molecule has 1 aliphatic heterocycles. The van der Waals surface area contributed by atoms with Crippen LogP contribution in [0, 0.1) is 5.92 Å². The second kappa shape index (κ2) is 6.53. The van der Waals surface area contributed by atoms with Crippen molar-refractivity contribution in [3.05, 3.63) is 0 Å². The first-order valence-electron chi connectivity index (χ1n) is 7.04. The summed E-state index contributed by atoms with van der Waals surface area (Å²) in [5.41, 5.74) is 0. The predicted octanol–water partition coefficient (Wildman–Crippen LogP) is 1.33. The minimum atomic E-state index is -0.267. The smallest absolute Gasteiger partial charge is 0.237 e. The second-order valence-corrected chi connectivity index (χ2v) is 6.01. The summed E-state index contributed by atoms with van der Waals surface area (Å²) in [6, 6.07) is 0.486. The lowest BCUT2D eigenvalue weighted by Gasteiger charge is -2.32. The second-order valence-electron chi connectivity index (χ2n) is 6.01. The van der Waals surface area contributed by atoms with E-state index in [4.69, 9.17) is 0 Å². The number of hydrogen-bond acceptors (Lipinski definition) is 3. The standard InChI is InChI=1S/C14H28N2O2/c1-10(2)16(11(3)4)14(18)9-15-7-6-13(8-15)12(5)17/h10-13,17H,6-9H2,1-5H3. The zero-order chi connectivity index (χ0) is 13.9. The molecule has 1 N–H and O–H groups in total. The van der Waals surface area contributed by atoms with E-state index in [0.29, 0.717) is 12.5 Å². The zero-order valence-electron chi connectivity index (χ0n) is 12.4. The Morgan fingerprint density at radius 1 is 1.28 bits per heavy atom. The number of aliphatic hydroxyl groups is 1. The molecule has 2 atom stereocenters. The molecule has 1 fully saturated rings. The highest BCUT2D eigenvalue weighted by molar-refractivity contribution is 5.78. The van der Waals surface area contributed by atoms with E-state index in [-0.39, 0.29) is 24.1 Å². The summed E-state index contributed by atoms with van der Waals surface area (Å²) in [6.45, 7) is 12.3. The van der Waals surface area contributed by atoms with Crippen molar-refractivity contribution >= 4 is 5.91 Å². The fraction of sp³-hybridized carbons (Fsp3) is 0.929. The molecule has 4 heteroatoms. The molecule has 0 aromatic carbocycles. The van der Waals surface area contributed by atoms with Crippen LogP contribution in [0.1, 0.15) is 41.0 Å². The quantitative estimate of drug-likeness (QED) is 0.807. The highest BCUT2D eigenvalue weighted by Crippen LogP contribution is 2.19. The van der Waals surface area contributed by atoms with E-state index < -0.39 is 0 Å². The van der Waals surface area contributed by atoms with Gasteiger partial charge in [-0.1, -0.05) is 0 Å². The van der Waals surface area contributed by atoms with Crippen LogP contribution in [0.3, 0.4) is 0 Å². The number of carbonyl (C=O) groups excluding carboxylic acids is 1. The molecule has 2 unspecified atom stereocenters. The number of carbonyl (C=O) groups is 1. The third-order valence-corrected chi connectivity index (χ3v) is 3.75. The van der Waals surface area contributed by atoms with Gasteiger partial charge in [-0.3, -0.25) is 9.69 Å². The number of aliphatic hydroxyl groups excluding tert-OH is 1. The molecule has 0 bridgehead atoms. The first-order chi connectivity index (χ1) is 8.32. The molecule has 1 aliphatic rings. The number of nitrogens with zero attached hydrogens (tertiary/aromatic N) is 2. The average Bonchev–Trinajstić information content (AvgIpc) is 2.64. The van der Waals surface area contributed by atoms with E-state index in [1.165, 1.54) is 0 Å². The number of hydrogen-bond donors (Lipinski definition) is 1. The van der Waals surface area contributed by atoms with Gasteiger partial charge in [-0.05, 0) is 53.5 Å². The SMILES string of the molecule is CC(O)C1CCN(CC(=O)N(C(C)C)C(C)C)C1. The van der Waals surface area contributed by atoms with E-state index in [1.54, 1.807) is 0 Å². The minimum absolute atomic E-state index is 0.200. The van der Waals surface area contributed by atoms with Gasteiger partial charge in [-0.25, -0.2) is 0 Å². The van der Waals surface area contributed by atoms with Crippen LogP contribution in [-0.2, 0) is 4.79 Å². The highest BCUT2D eigenvalue weighted by atomic mass is 16.3. The molecule has 1 saturated heterocycles. The molecular formula is C14H28N2O2. The van der Waals surface area contributed by atoms with Crippen LogP contribution in [0.4, 0.5) is 0 Å². The Morgan fingerprint density at radius 3 is 2.22 bits per heavy atom. The van der Waals surface area contributed by atoms with Crippen LogP contribution in [0.25, 0.3) is 0 Å². The first kappa shape index (κ1) is 15.4. The van der Waals surface area contributed by atoms with Gasteiger partial charge >= 0.3 is 0 Å². The van der Waals surface area contributed by atoms with E-state index in [2.05, 4.69) is 32.6 Å². The van der Waals surface area contributed by atoms with Gasteiger partial charge in [0.15, 0.2) is 0 Å². The molecule has 0 aromatic rings.